The summed E-state index contributed by atoms with van der Waals surface area (Å²) in [6, 6.07) is 7.29. The normalized spacial score (nSPS) is 16.0. The second kappa shape index (κ2) is 6.01. The maximum Gasteiger partial charge on any atom is 0.308 e. The third kappa shape index (κ3) is 2.81. The number of amides is 1. The largest absolute Gasteiger partial charge is 0.469 e. The molecule has 22 heavy (non-hydrogen) atoms. The number of carbonyl (C=O) groups excluding carboxylic acids is 2. The number of carbonyl (C=O) groups is 2. The first-order chi connectivity index (χ1) is 10.6. The lowest BCUT2D eigenvalue weighted by Crippen LogP contribution is -2.40. The smallest absolute Gasteiger partial charge is 0.308 e. The molecule has 6 heteroatoms. The lowest BCUT2D eigenvalue weighted by Gasteiger charge is -2.30. The van der Waals surface area contributed by atoms with Crippen molar-refractivity contribution in [1.82, 2.24) is 9.88 Å². The van der Waals surface area contributed by atoms with E-state index in [2.05, 4.69) is 4.98 Å². The van der Waals surface area contributed by atoms with Crippen LogP contribution >= 0.6 is 11.6 Å². The maximum absolute atomic E-state index is 12.5. The van der Waals surface area contributed by atoms with Gasteiger partial charge in [-0.25, -0.2) is 0 Å². The van der Waals surface area contributed by atoms with E-state index in [1.165, 1.54) is 7.11 Å². The second-order valence-electron chi connectivity index (χ2n) is 5.50. The summed E-state index contributed by atoms with van der Waals surface area (Å²) in [5.74, 6) is -0.335. The van der Waals surface area contributed by atoms with Gasteiger partial charge in [-0.2, -0.15) is 0 Å². The number of benzene rings is 1. The molecule has 0 bridgehead atoms. The zero-order chi connectivity index (χ0) is 15.7. The molecule has 1 aromatic carbocycles. The van der Waals surface area contributed by atoms with Gasteiger partial charge in [-0.15, -0.1) is 0 Å². The van der Waals surface area contributed by atoms with E-state index < -0.39 is 0 Å². The van der Waals surface area contributed by atoms with Gasteiger partial charge in [0.15, 0.2) is 0 Å². The van der Waals surface area contributed by atoms with Crippen LogP contribution in [-0.4, -0.2) is 42.0 Å². The third-order valence-electron chi connectivity index (χ3n) is 4.13. The van der Waals surface area contributed by atoms with Crippen LogP contribution in [-0.2, 0) is 9.53 Å². The molecule has 0 aliphatic carbocycles. The number of methoxy groups -OCH3 is 1. The number of aromatic nitrogens is 1. The van der Waals surface area contributed by atoms with E-state index in [-0.39, 0.29) is 17.8 Å². The summed E-state index contributed by atoms with van der Waals surface area (Å²) < 4.78 is 4.76. The molecule has 0 radical (unpaired) electrons. The van der Waals surface area contributed by atoms with E-state index in [0.29, 0.717) is 36.6 Å². The van der Waals surface area contributed by atoms with Crippen molar-refractivity contribution in [2.45, 2.75) is 12.8 Å². The number of nitrogens with one attached hydrogen (secondary N) is 1. The Kier molecular flexibility index (Phi) is 4.07. The van der Waals surface area contributed by atoms with Gasteiger partial charge in [0.25, 0.3) is 5.91 Å². The maximum atomic E-state index is 12.5. The summed E-state index contributed by atoms with van der Waals surface area (Å²) in [5.41, 5.74) is 1.44. The van der Waals surface area contributed by atoms with Crippen LogP contribution in [0.25, 0.3) is 10.9 Å². The van der Waals surface area contributed by atoms with Gasteiger partial charge < -0.3 is 14.6 Å². The average Bonchev–Trinajstić information content (AvgIpc) is 2.96. The van der Waals surface area contributed by atoms with Crippen LogP contribution in [0.15, 0.2) is 24.3 Å². The predicted octanol–water partition coefficient (Wildman–Crippen LogP) is 2.85. The summed E-state index contributed by atoms with van der Waals surface area (Å²) in [7, 11) is 1.40. The Morgan fingerprint density at radius 2 is 2.00 bits per heavy atom. The molecule has 1 saturated heterocycles. The van der Waals surface area contributed by atoms with Crippen LogP contribution in [0.1, 0.15) is 23.3 Å². The second-order valence-corrected chi connectivity index (χ2v) is 5.94. The number of piperidine rings is 1. The Balaban J connectivity index is 1.72. The van der Waals surface area contributed by atoms with Crippen LogP contribution in [0.2, 0.25) is 5.02 Å². The minimum Gasteiger partial charge on any atom is -0.469 e. The first-order valence-electron chi connectivity index (χ1n) is 7.24. The van der Waals surface area contributed by atoms with Crippen LogP contribution in [0.3, 0.4) is 0 Å². The van der Waals surface area contributed by atoms with E-state index in [1.807, 2.05) is 18.2 Å². The number of hydrogen-bond acceptors (Lipinski definition) is 3. The van der Waals surface area contributed by atoms with Crippen LogP contribution in [0.5, 0.6) is 0 Å². The Morgan fingerprint density at radius 1 is 1.27 bits per heavy atom. The highest BCUT2D eigenvalue weighted by molar-refractivity contribution is 6.31. The van der Waals surface area contributed by atoms with Crippen molar-refractivity contribution in [3.8, 4) is 0 Å². The van der Waals surface area contributed by atoms with Crippen molar-refractivity contribution in [1.29, 1.82) is 0 Å². The molecular weight excluding hydrogens is 304 g/mol. The number of hydrogen-bond donors (Lipinski definition) is 1. The molecule has 3 rings (SSSR count). The van der Waals surface area contributed by atoms with Gasteiger partial charge in [-0.1, -0.05) is 11.6 Å². The monoisotopic (exact) mass is 320 g/mol. The fourth-order valence-electron chi connectivity index (χ4n) is 2.87. The molecule has 0 unspecified atom stereocenters. The summed E-state index contributed by atoms with van der Waals surface area (Å²) in [6.45, 7) is 1.13. The quantitative estimate of drug-likeness (QED) is 0.865. The number of ether oxygens (including phenoxy) is 1. The van der Waals surface area contributed by atoms with Gasteiger partial charge in [-0.3, -0.25) is 9.59 Å². The minimum absolute atomic E-state index is 0.0457. The first-order valence-corrected chi connectivity index (χ1v) is 7.61. The number of esters is 1. The molecule has 1 aliphatic heterocycles. The average molecular weight is 321 g/mol. The van der Waals surface area contributed by atoms with Crippen LogP contribution in [0.4, 0.5) is 0 Å². The van der Waals surface area contributed by atoms with Crippen molar-refractivity contribution in [3.63, 3.8) is 0 Å². The van der Waals surface area contributed by atoms with Crippen molar-refractivity contribution >= 4 is 34.4 Å². The summed E-state index contributed by atoms with van der Waals surface area (Å²) in [4.78, 5) is 29.0. The van der Waals surface area contributed by atoms with Gasteiger partial charge in [0.2, 0.25) is 0 Å². The molecular formula is C16H17ClN2O3. The number of aromatic amines is 1. The molecule has 0 atom stereocenters. The van der Waals surface area contributed by atoms with Crippen molar-refractivity contribution in [3.05, 3.63) is 35.0 Å². The summed E-state index contributed by atoms with van der Waals surface area (Å²) in [5, 5.41) is 1.56. The Labute approximate surface area is 133 Å². The topological polar surface area (TPSA) is 62.4 Å². The Morgan fingerprint density at radius 3 is 2.68 bits per heavy atom. The number of halogens is 1. The van der Waals surface area contributed by atoms with Gasteiger partial charge in [0.1, 0.15) is 5.69 Å². The predicted molar refractivity (Wildman–Crippen MR) is 84.0 cm³/mol. The lowest BCUT2D eigenvalue weighted by molar-refractivity contribution is -0.146. The molecule has 0 spiro atoms. The molecule has 1 aromatic heterocycles. The van der Waals surface area contributed by atoms with E-state index in [1.54, 1.807) is 11.0 Å². The Bertz CT molecular complexity index is 717. The first kappa shape index (κ1) is 14.9. The van der Waals surface area contributed by atoms with E-state index in [4.69, 9.17) is 16.3 Å². The number of fused-ring (bicyclic) bond motifs is 1. The molecule has 0 saturated carbocycles. The molecule has 1 aliphatic rings. The molecule has 5 nitrogen and oxygen atoms in total. The number of H-pyrrole nitrogens is 1. The number of likely N-dealkylation sites (tertiary alicyclic amines) is 1. The summed E-state index contributed by atoms with van der Waals surface area (Å²) >= 11 is 5.96. The third-order valence-corrected chi connectivity index (χ3v) is 4.36. The Hall–Kier alpha value is -2.01. The molecule has 116 valence electrons. The van der Waals surface area contributed by atoms with Gasteiger partial charge >= 0.3 is 5.97 Å². The number of nitrogens with zero attached hydrogens (tertiary/aromatic N) is 1. The SMILES string of the molecule is COC(=O)C1CCN(C(=O)c2cc3cc(Cl)ccc3[nH]2)CC1. The van der Waals surface area contributed by atoms with E-state index in [0.717, 1.165) is 10.9 Å². The zero-order valence-electron chi connectivity index (χ0n) is 12.3. The van der Waals surface area contributed by atoms with Crippen LogP contribution < -0.4 is 0 Å². The molecule has 2 heterocycles. The molecule has 2 aromatic rings. The fourth-order valence-corrected chi connectivity index (χ4v) is 3.05. The fraction of sp³-hybridized carbons (Fsp3) is 0.375. The van der Waals surface area contributed by atoms with Gasteiger partial charge in [0.05, 0.1) is 13.0 Å². The van der Waals surface area contributed by atoms with Crippen molar-refractivity contribution in [2.75, 3.05) is 20.2 Å². The summed E-state index contributed by atoms with van der Waals surface area (Å²) in [6.07, 6.45) is 1.29. The zero-order valence-corrected chi connectivity index (χ0v) is 13.0. The lowest BCUT2D eigenvalue weighted by atomic mass is 9.97. The highest BCUT2D eigenvalue weighted by Gasteiger charge is 2.28. The van der Waals surface area contributed by atoms with Gasteiger partial charge in [-0.05, 0) is 37.1 Å². The van der Waals surface area contributed by atoms with E-state index in [9.17, 15) is 9.59 Å². The molecule has 1 N–H and O–H groups in total. The highest BCUT2D eigenvalue weighted by atomic mass is 35.5. The van der Waals surface area contributed by atoms with Crippen molar-refractivity contribution in [2.24, 2.45) is 5.92 Å². The van der Waals surface area contributed by atoms with Gasteiger partial charge in [0, 0.05) is 29.0 Å². The molecule has 1 fully saturated rings. The van der Waals surface area contributed by atoms with E-state index >= 15 is 0 Å². The highest BCUT2D eigenvalue weighted by Crippen LogP contribution is 2.23. The minimum atomic E-state index is -0.188. The standard InChI is InChI=1S/C16H17ClN2O3/c1-22-16(21)10-4-6-19(7-5-10)15(20)14-9-11-8-12(17)2-3-13(11)18-14/h2-3,8-10,18H,4-7H2,1H3. The van der Waals surface area contributed by atoms with Crippen molar-refractivity contribution < 1.29 is 14.3 Å². The van der Waals surface area contributed by atoms with Crippen LogP contribution in [0, 0.1) is 5.92 Å². The number of rotatable bonds is 2. The molecule has 1 amide bonds.